The van der Waals surface area contributed by atoms with E-state index in [9.17, 15) is 0 Å². The third-order valence-corrected chi connectivity index (χ3v) is 2.54. The number of aromatic nitrogens is 4. The highest BCUT2D eigenvalue weighted by molar-refractivity contribution is 9.10. The van der Waals surface area contributed by atoms with E-state index in [1.165, 1.54) is 0 Å². The molecular formula is C9H8BrClN4. The van der Waals surface area contributed by atoms with Crippen LogP contribution in [0.4, 0.5) is 0 Å². The molecule has 78 valence electrons. The highest BCUT2D eigenvalue weighted by Crippen LogP contribution is 2.10. The molecule has 15 heavy (non-hydrogen) atoms. The van der Waals surface area contributed by atoms with Crippen molar-refractivity contribution in [1.29, 1.82) is 0 Å². The number of rotatable bonds is 3. The molecule has 0 spiro atoms. The lowest BCUT2D eigenvalue weighted by Crippen LogP contribution is -2.00. The number of hydrogen-bond donors (Lipinski definition) is 0. The molecule has 0 aromatic carbocycles. The lowest BCUT2D eigenvalue weighted by atomic mass is 10.3. The van der Waals surface area contributed by atoms with Crippen molar-refractivity contribution >= 4 is 27.5 Å². The van der Waals surface area contributed by atoms with Crippen molar-refractivity contribution in [2.45, 2.75) is 12.4 Å². The van der Waals surface area contributed by atoms with Gasteiger partial charge in [0.05, 0.1) is 24.3 Å². The van der Waals surface area contributed by atoms with Gasteiger partial charge in [-0.1, -0.05) is 5.21 Å². The van der Waals surface area contributed by atoms with Crippen LogP contribution in [0.25, 0.3) is 0 Å². The quantitative estimate of drug-likeness (QED) is 0.813. The summed E-state index contributed by atoms with van der Waals surface area (Å²) in [4.78, 5) is 4.07. The maximum absolute atomic E-state index is 5.63. The Balaban J connectivity index is 2.14. The summed E-state index contributed by atoms with van der Waals surface area (Å²) in [6.07, 6.45) is 5.37. The first-order valence-electron chi connectivity index (χ1n) is 4.32. The zero-order chi connectivity index (χ0) is 10.7. The standard InChI is InChI=1S/C9H8BrClN4/c10-8-1-7(3-12-4-8)5-15-6-9(2-11)13-14-15/h1,3-4,6H,2,5H2. The Morgan fingerprint density at radius 2 is 2.27 bits per heavy atom. The molecule has 0 saturated heterocycles. The Morgan fingerprint density at radius 1 is 1.40 bits per heavy atom. The molecule has 0 saturated carbocycles. The van der Waals surface area contributed by atoms with Crippen molar-refractivity contribution in [1.82, 2.24) is 20.0 Å². The van der Waals surface area contributed by atoms with Crippen LogP contribution >= 0.6 is 27.5 Å². The van der Waals surface area contributed by atoms with Crippen molar-refractivity contribution in [2.75, 3.05) is 0 Å². The van der Waals surface area contributed by atoms with E-state index in [0.29, 0.717) is 12.4 Å². The molecule has 0 bridgehead atoms. The van der Waals surface area contributed by atoms with Gasteiger partial charge in [0.25, 0.3) is 0 Å². The van der Waals surface area contributed by atoms with E-state index >= 15 is 0 Å². The van der Waals surface area contributed by atoms with Gasteiger partial charge >= 0.3 is 0 Å². The van der Waals surface area contributed by atoms with E-state index in [-0.39, 0.29) is 0 Å². The van der Waals surface area contributed by atoms with Gasteiger partial charge in [-0.3, -0.25) is 4.98 Å². The van der Waals surface area contributed by atoms with Gasteiger partial charge in [-0.2, -0.15) is 0 Å². The highest BCUT2D eigenvalue weighted by Gasteiger charge is 2.00. The molecule has 0 radical (unpaired) electrons. The van der Waals surface area contributed by atoms with Crippen LogP contribution in [-0.2, 0) is 12.4 Å². The SMILES string of the molecule is ClCc1cn(Cc2cncc(Br)c2)nn1. The summed E-state index contributed by atoms with van der Waals surface area (Å²) in [5, 5.41) is 7.85. The van der Waals surface area contributed by atoms with Gasteiger partial charge < -0.3 is 0 Å². The van der Waals surface area contributed by atoms with E-state index in [1.807, 2.05) is 12.3 Å². The molecule has 2 aromatic rings. The minimum absolute atomic E-state index is 0.386. The largest absolute Gasteiger partial charge is 0.263 e. The molecule has 2 rings (SSSR count). The van der Waals surface area contributed by atoms with Gasteiger partial charge in [-0.15, -0.1) is 16.7 Å². The number of pyridine rings is 1. The molecule has 0 aliphatic heterocycles. The monoisotopic (exact) mass is 286 g/mol. The second-order valence-corrected chi connectivity index (χ2v) is 4.24. The van der Waals surface area contributed by atoms with Crippen LogP contribution in [0.1, 0.15) is 11.3 Å². The van der Waals surface area contributed by atoms with Crippen LogP contribution in [0.15, 0.2) is 29.1 Å². The molecule has 0 aliphatic rings. The molecule has 2 heterocycles. The summed E-state index contributed by atoms with van der Waals surface area (Å²) in [7, 11) is 0. The van der Waals surface area contributed by atoms with Crippen LogP contribution in [0.2, 0.25) is 0 Å². The van der Waals surface area contributed by atoms with Gasteiger partial charge in [0.15, 0.2) is 0 Å². The van der Waals surface area contributed by atoms with Crippen LogP contribution in [0, 0.1) is 0 Å². The maximum atomic E-state index is 5.63. The molecule has 0 fully saturated rings. The van der Waals surface area contributed by atoms with Gasteiger partial charge in [-0.05, 0) is 27.6 Å². The lowest BCUT2D eigenvalue weighted by Gasteiger charge is -2.00. The highest BCUT2D eigenvalue weighted by atomic mass is 79.9. The molecule has 0 N–H and O–H groups in total. The van der Waals surface area contributed by atoms with Gasteiger partial charge in [-0.25, -0.2) is 4.68 Å². The summed E-state index contributed by atoms with van der Waals surface area (Å²) in [6.45, 7) is 0.649. The Labute approximate surface area is 100 Å². The fourth-order valence-corrected chi connectivity index (χ4v) is 1.74. The predicted molar refractivity (Wildman–Crippen MR) is 60.6 cm³/mol. The minimum Gasteiger partial charge on any atom is -0.263 e. The van der Waals surface area contributed by atoms with Gasteiger partial charge in [0, 0.05) is 16.9 Å². The molecule has 0 unspecified atom stereocenters. The lowest BCUT2D eigenvalue weighted by molar-refractivity contribution is 0.647. The van der Waals surface area contributed by atoms with Crippen LogP contribution in [-0.4, -0.2) is 20.0 Å². The van der Waals surface area contributed by atoms with E-state index in [4.69, 9.17) is 11.6 Å². The van der Waals surface area contributed by atoms with Gasteiger partial charge in [0.2, 0.25) is 0 Å². The zero-order valence-electron chi connectivity index (χ0n) is 7.77. The average molecular weight is 288 g/mol. The van der Waals surface area contributed by atoms with E-state index in [1.54, 1.807) is 17.1 Å². The summed E-state index contributed by atoms with van der Waals surface area (Å²) in [6, 6.07) is 2.00. The Hall–Kier alpha value is -0.940. The van der Waals surface area contributed by atoms with Crippen LogP contribution in [0.3, 0.4) is 0 Å². The van der Waals surface area contributed by atoms with Crippen LogP contribution < -0.4 is 0 Å². The molecular weight excluding hydrogens is 279 g/mol. The minimum atomic E-state index is 0.386. The predicted octanol–water partition coefficient (Wildman–Crippen LogP) is 2.22. The molecule has 2 aromatic heterocycles. The summed E-state index contributed by atoms with van der Waals surface area (Å²) >= 11 is 9.00. The van der Waals surface area contributed by atoms with Crippen molar-refractivity contribution in [3.8, 4) is 0 Å². The second-order valence-electron chi connectivity index (χ2n) is 3.05. The summed E-state index contributed by atoms with van der Waals surface area (Å²) in [5.74, 6) is 0.386. The summed E-state index contributed by atoms with van der Waals surface area (Å²) < 4.78 is 2.69. The summed E-state index contributed by atoms with van der Waals surface area (Å²) in [5.41, 5.74) is 1.84. The zero-order valence-corrected chi connectivity index (χ0v) is 10.1. The van der Waals surface area contributed by atoms with Crippen molar-refractivity contribution in [3.05, 3.63) is 40.4 Å². The number of halogens is 2. The first kappa shape index (κ1) is 10.6. The first-order chi connectivity index (χ1) is 7.28. The fraction of sp³-hybridized carbons (Fsp3) is 0.222. The number of hydrogen-bond acceptors (Lipinski definition) is 3. The Bertz CT molecular complexity index is 457. The van der Waals surface area contributed by atoms with E-state index < -0.39 is 0 Å². The first-order valence-corrected chi connectivity index (χ1v) is 5.65. The normalized spacial score (nSPS) is 10.5. The smallest absolute Gasteiger partial charge is 0.0974 e. The topological polar surface area (TPSA) is 43.6 Å². The maximum Gasteiger partial charge on any atom is 0.0974 e. The van der Waals surface area contributed by atoms with Gasteiger partial charge in [0.1, 0.15) is 0 Å². The molecule has 6 heteroatoms. The van der Waals surface area contributed by atoms with Crippen LogP contribution in [0.5, 0.6) is 0 Å². The molecule has 4 nitrogen and oxygen atoms in total. The molecule has 0 amide bonds. The van der Waals surface area contributed by atoms with Crippen molar-refractivity contribution in [2.24, 2.45) is 0 Å². The second kappa shape index (κ2) is 4.72. The van der Waals surface area contributed by atoms with E-state index in [0.717, 1.165) is 15.7 Å². The number of nitrogens with zero attached hydrogens (tertiary/aromatic N) is 4. The third-order valence-electron chi connectivity index (χ3n) is 1.83. The van der Waals surface area contributed by atoms with Crippen molar-refractivity contribution in [3.63, 3.8) is 0 Å². The third kappa shape index (κ3) is 2.76. The Morgan fingerprint density at radius 3 is 2.93 bits per heavy atom. The molecule has 0 atom stereocenters. The Kier molecular flexibility index (Phi) is 3.33. The molecule has 0 aliphatic carbocycles. The fourth-order valence-electron chi connectivity index (χ4n) is 1.21. The number of alkyl halides is 1. The average Bonchev–Trinajstić information content (AvgIpc) is 2.65. The van der Waals surface area contributed by atoms with E-state index in [2.05, 4.69) is 31.2 Å². The van der Waals surface area contributed by atoms with Crippen molar-refractivity contribution < 1.29 is 0 Å².